The van der Waals surface area contributed by atoms with Crippen LogP contribution < -0.4 is 10.1 Å². The molecule has 0 aliphatic heterocycles. The van der Waals surface area contributed by atoms with Gasteiger partial charge in [-0.2, -0.15) is 0 Å². The Morgan fingerprint density at radius 2 is 1.92 bits per heavy atom. The van der Waals surface area contributed by atoms with Crippen LogP contribution >= 0.6 is 11.6 Å². The molecule has 0 heterocycles. The van der Waals surface area contributed by atoms with E-state index in [0.717, 1.165) is 0 Å². The van der Waals surface area contributed by atoms with Crippen molar-refractivity contribution >= 4 is 29.2 Å². The predicted molar refractivity (Wildman–Crippen MR) is 92.3 cm³/mol. The number of nitrogens with one attached hydrogen (secondary N) is 1. The Labute approximate surface area is 149 Å². The summed E-state index contributed by atoms with van der Waals surface area (Å²) in [7, 11) is 0. The number of amides is 1. The second kappa shape index (κ2) is 9.03. The highest BCUT2D eigenvalue weighted by atomic mass is 35.5. The topological polar surface area (TPSA) is 64.6 Å². The number of carbonyl (C=O) groups excluding carboxylic acids is 2. The average Bonchev–Trinajstić information content (AvgIpc) is 2.58. The molecule has 0 saturated carbocycles. The number of benzene rings is 2. The highest BCUT2D eigenvalue weighted by Gasteiger charge is 2.15. The number of esters is 1. The lowest BCUT2D eigenvalue weighted by molar-refractivity contribution is -0.146. The molecule has 2 aromatic rings. The SMILES string of the molecule is CCOc1ccccc1NC(=O)COC(=O)Cc1c(F)cccc1Cl. The van der Waals surface area contributed by atoms with Gasteiger partial charge in [0.15, 0.2) is 6.61 Å². The summed E-state index contributed by atoms with van der Waals surface area (Å²) in [6.07, 6.45) is -0.353. The van der Waals surface area contributed by atoms with Crippen molar-refractivity contribution in [3.05, 3.63) is 58.9 Å². The highest BCUT2D eigenvalue weighted by molar-refractivity contribution is 6.31. The van der Waals surface area contributed by atoms with E-state index in [0.29, 0.717) is 18.0 Å². The standard InChI is InChI=1S/C18H17ClFNO4/c1-2-24-16-9-4-3-8-15(16)21-17(22)11-25-18(23)10-12-13(19)6-5-7-14(12)20/h3-9H,2,10-11H2,1H3,(H,21,22). The number of hydrogen-bond acceptors (Lipinski definition) is 4. The fourth-order valence-electron chi connectivity index (χ4n) is 2.08. The molecule has 5 nitrogen and oxygen atoms in total. The first-order valence-corrected chi connectivity index (χ1v) is 7.99. The van der Waals surface area contributed by atoms with Crippen LogP contribution in [0.5, 0.6) is 5.75 Å². The third kappa shape index (κ3) is 5.46. The Morgan fingerprint density at radius 3 is 2.64 bits per heavy atom. The Kier molecular flexibility index (Phi) is 6.77. The Morgan fingerprint density at radius 1 is 1.16 bits per heavy atom. The summed E-state index contributed by atoms with van der Waals surface area (Å²) in [6.45, 7) is 1.78. The van der Waals surface area contributed by atoms with Crippen LogP contribution in [-0.4, -0.2) is 25.1 Å². The van der Waals surface area contributed by atoms with E-state index in [-0.39, 0.29) is 17.0 Å². The smallest absolute Gasteiger partial charge is 0.310 e. The van der Waals surface area contributed by atoms with Crippen LogP contribution in [0.4, 0.5) is 10.1 Å². The van der Waals surface area contributed by atoms with Crippen molar-refractivity contribution in [1.29, 1.82) is 0 Å². The van der Waals surface area contributed by atoms with E-state index in [1.165, 1.54) is 18.2 Å². The first kappa shape index (κ1) is 18.7. The lowest BCUT2D eigenvalue weighted by Crippen LogP contribution is -2.22. The molecule has 0 bridgehead atoms. The molecule has 1 amide bonds. The molecule has 0 aliphatic rings. The Balaban J connectivity index is 1.89. The first-order chi connectivity index (χ1) is 12.0. The Hall–Kier alpha value is -2.60. The number of hydrogen-bond donors (Lipinski definition) is 1. The lowest BCUT2D eigenvalue weighted by atomic mass is 10.1. The number of ether oxygens (including phenoxy) is 2. The van der Waals surface area contributed by atoms with Crippen molar-refractivity contribution in [2.24, 2.45) is 0 Å². The monoisotopic (exact) mass is 365 g/mol. The van der Waals surface area contributed by atoms with Crippen LogP contribution in [0, 0.1) is 5.82 Å². The summed E-state index contributed by atoms with van der Waals surface area (Å²) >= 11 is 5.85. The number of halogens is 2. The third-order valence-electron chi connectivity index (χ3n) is 3.21. The van der Waals surface area contributed by atoms with Crippen molar-refractivity contribution in [3.63, 3.8) is 0 Å². The lowest BCUT2D eigenvalue weighted by Gasteiger charge is -2.11. The van der Waals surface area contributed by atoms with Crippen molar-refractivity contribution in [2.75, 3.05) is 18.5 Å². The van der Waals surface area contributed by atoms with Gasteiger partial charge in [0.2, 0.25) is 0 Å². The highest BCUT2D eigenvalue weighted by Crippen LogP contribution is 2.23. The molecular weight excluding hydrogens is 349 g/mol. The minimum Gasteiger partial charge on any atom is -0.492 e. The van der Waals surface area contributed by atoms with Crippen LogP contribution in [0.2, 0.25) is 5.02 Å². The van der Waals surface area contributed by atoms with E-state index in [1.54, 1.807) is 24.3 Å². The maximum atomic E-state index is 13.6. The number of rotatable bonds is 7. The van der Waals surface area contributed by atoms with Crippen molar-refractivity contribution in [2.45, 2.75) is 13.3 Å². The zero-order valence-electron chi connectivity index (χ0n) is 13.6. The van der Waals surface area contributed by atoms with E-state index < -0.39 is 24.3 Å². The van der Waals surface area contributed by atoms with Gasteiger partial charge in [-0.25, -0.2) is 4.39 Å². The van der Waals surface area contributed by atoms with Gasteiger partial charge in [0, 0.05) is 10.6 Å². The van der Waals surface area contributed by atoms with Gasteiger partial charge in [-0.1, -0.05) is 29.8 Å². The second-order valence-electron chi connectivity index (χ2n) is 5.02. The van der Waals surface area contributed by atoms with E-state index in [9.17, 15) is 14.0 Å². The maximum Gasteiger partial charge on any atom is 0.310 e. The zero-order chi connectivity index (χ0) is 18.2. The number of anilines is 1. The van der Waals surface area contributed by atoms with Crippen LogP contribution in [0.25, 0.3) is 0 Å². The molecule has 0 aromatic heterocycles. The van der Waals surface area contributed by atoms with Crippen LogP contribution in [0.15, 0.2) is 42.5 Å². The molecule has 2 rings (SSSR count). The zero-order valence-corrected chi connectivity index (χ0v) is 14.3. The largest absolute Gasteiger partial charge is 0.492 e. The number of para-hydroxylation sites is 2. The summed E-state index contributed by atoms with van der Waals surface area (Å²) in [5.41, 5.74) is 0.513. The third-order valence-corrected chi connectivity index (χ3v) is 3.56. The first-order valence-electron chi connectivity index (χ1n) is 7.61. The molecule has 0 radical (unpaired) electrons. The molecule has 0 unspecified atom stereocenters. The molecule has 0 saturated heterocycles. The summed E-state index contributed by atoms with van der Waals surface area (Å²) in [6, 6.07) is 11.0. The van der Waals surface area contributed by atoms with Gasteiger partial charge in [0.1, 0.15) is 11.6 Å². The molecule has 2 aromatic carbocycles. The average molecular weight is 366 g/mol. The predicted octanol–water partition coefficient (Wildman–Crippen LogP) is 3.60. The molecular formula is C18H17ClFNO4. The van der Waals surface area contributed by atoms with Crippen LogP contribution in [0.3, 0.4) is 0 Å². The second-order valence-corrected chi connectivity index (χ2v) is 5.42. The summed E-state index contributed by atoms with van der Waals surface area (Å²) in [4.78, 5) is 23.7. The van der Waals surface area contributed by atoms with Crippen molar-refractivity contribution in [1.82, 2.24) is 0 Å². The molecule has 0 aliphatic carbocycles. The molecule has 1 N–H and O–H groups in total. The van der Waals surface area contributed by atoms with E-state index in [2.05, 4.69) is 5.32 Å². The van der Waals surface area contributed by atoms with Gasteiger partial charge in [0.05, 0.1) is 18.7 Å². The quantitative estimate of drug-likeness (QED) is 0.761. The maximum absolute atomic E-state index is 13.6. The normalized spacial score (nSPS) is 10.2. The van der Waals surface area contributed by atoms with Gasteiger partial charge < -0.3 is 14.8 Å². The van der Waals surface area contributed by atoms with Gasteiger partial charge >= 0.3 is 5.97 Å². The molecule has 0 fully saturated rings. The van der Waals surface area contributed by atoms with Crippen molar-refractivity contribution in [3.8, 4) is 5.75 Å². The van der Waals surface area contributed by atoms with Gasteiger partial charge in [-0.05, 0) is 31.2 Å². The summed E-state index contributed by atoms with van der Waals surface area (Å²) in [5.74, 6) is -1.36. The fourth-order valence-corrected chi connectivity index (χ4v) is 2.31. The van der Waals surface area contributed by atoms with Crippen LogP contribution in [-0.2, 0) is 20.7 Å². The van der Waals surface area contributed by atoms with Crippen LogP contribution in [0.1, 0.15) is 12.5 Å². The van der Waals surface area contributed by atoms with E-state index >= 15 is 0 Å². The molecule has 132 valence electrons. The minimum atomic E-state index is -0.750. The number of carbonyl (C=O) groups is 2. The van der Waals surface area contributed by atoms with Gasteiger partial charge in [-0.15, -0.1) is 0 Å². The molecule has 0 atom stereocenters. The van der Waals surface area contributed by atoms with E-state index in [4.69, 9.17) is 21.1 Å². The van der Waals surface area contributed by atoms with E-state index in [1.807, 2.05) is 6.92 Å². The van der Waals surface area contributed by atoms with Gasteiger partial charge in [0.25, 0.3) is 5.91 Å². The molecule has 0 spiro atoms. The summed E-state index contributed by atoms with van der Waals surface area (Å²) < 4.78 is 23.9. The van der Waals surface area contributed by atoms with Gasteiger partial charge in [-0.3, -0.25) is 9.59 Å². The fraction of sp³-hybridized carbons (Fsp3) is 0.222. The van der Waals surface area contributed by atoms with Crippen molar-refractivity contribution < 1.29 is 23.5 Å². The molecule has 25 heavy (non-hydrogen) atoms. The summed E-state index contributed by atoms with van der Waals surface area (Å²) in [5, 5.41) is 2.73. The minimum absolute atomic E-state index is 0.0382. The molecule has 7 heteroatoms. The Bertz CT molecular complexity index is 746.